The Hall–Kier alpha value is -1.23. The molecule has 27 heavy (non-hydrogen) atoms. The highest BCUT2D eigenvalue weighted by atomic mass is 35.5. The molecule has 0 radical (unpaired) electrons. The van der Waals surface area contributed by atoms with E-state index in [0.29, 0.717) is 47.0 Å². The van der Waals surface area contributed by atoms with Crippen LogP contribution in [0.3, 0.4) is 0 Å². The molecule has 0 spiro atoms. The number of nitrogens with zero attached hydrogens (tertiary/aromatic N) is 3. The normalized spacial score (nSPS) is 16.4. The summed E-state index contributed by atoms with van der Waals surface area (Å²) in [5.41, 5.74) is 1.52. The molecular formula is C16H18Cl2N4O3S2. The van der Waals surface area contributed by atoms with Crippen molar-refractivity contribution in [2.75, 3.05) is 44.3 Å². The van der Waals surface area contributed by atoms with Gasteiger partial charge in [-0.2, -0.15) is 4.31 Å². The Morgan fingerprint density at radius 3 is 2.56 bits per heavy atom. The second-order valence-electron chi connectivity index (χ2n) is 6.15. The van der Waals surface area contributed by atoms with Crippen LogP contribution in [0.1, 0.15) is 0 Å². The van der Waals surface area contributed by atoms with Gasteiger partial charge in [-0.05, 0) is 12.1 Å². The SMILES string of the molecule is CS(=O)(=O)N1CCN(CC(=O)Nc2nc(-c3ccc(Cl)c(Cl)c3)cs2)CC1. The van der Waals surface area contributed by atoms with Crippen LogP contribution < -0.4 is 5.32 Å². The minimum absolute atomic E-state index is 0.183. The Morgan fingerprint density at radius 1 is 1.22 bits per heavy atom. The molecule has 1 fully saturated rings. The first-order valence-corrected chi connectivity index (χ1v) is 11.6. The maximum atomic E-state index is 12.2. The van der Waals surface area contributed by atoms with Gasteiger partial charge in [-0.15, -0.1) is 11.3 Å². The van der Waals surface area contributed by atoms with Gasteiger partial charge < -0.3 is 5.32 Å². The zero-order valence-electron chi connectivity index (χ0n) is 14.5. The van der Waals surface area contributed by atoms with Crippen molar-refractivity contribution in [3.05, 3.63) is 33.6 Å². The van der Waals surface area contributed by atoms with Gasteiger partial charge >= 0.3 is 0 Å². The monoisotopic (exact) mass is 448 g/mol. The first-order valence-electron chi connectivity index (χ1n) is 8.10. The predicted octanol–water partition coefficient (Wildman–Crippen LogP) is 2.63. The fourth-order valence-corrected chi connectivity index (χ4v) is 4.56. The fraction of sp³-hybridized carbons (Fsp3) is 0.375. The summed E-state index contributed by atoms with van der Waals surface area (Å²) in [5, 5.41) is 6.03. The number of carbonyl (C=O) groups excluding carboxylic acids is 1. The average Bonchev–Trinajstić information content (AvgIpc) is 3.05. The standard InChI is InChI=1S/C16H18Cl2N4O3S2/c1-27(24,25)22-6-4-21(5-7-22)9-15(23)20-16-19-14(10-26-16)11-2-3-12(17)13(18)8-11/h2-3,8,10H,4-7,9H2,1H3,(H,19,20,23). The molecule has 2 aromatic rings. The molecule has 0 saturated carbocycles. The van der Waals surface area contributed by atoms with E-state index >= 15 is 0 Å². The van der Waals surface area contributed by atoms with E-state index < -0.39 is 10.0 Å². The molecular weight excluding hydrogens is 431 g/mol. The van der Waals surface area contributed by atoms with Crippen molar-refractivity contribution in [3.8, 4) is 11.3 Å². The lowest BCUT2D eigenvalue weighted by Gasteiger charge is -2.32. The molecule has 1 aliphatic heterocycles. The summed E-state index contributed by atoms with van der Waals surface area (Å²) in [4.78, 5) is 18.6. The number of rotatable bonds is 5. The summed E-state index contributed by atoms with van der Waals surface area (Å²) in [5.74, 6) is -0.183. The quantitative estimate of drug-likeness (QED) is 0.759. The van der Waals surface area contributed by atoms with E-state index in [4.69, 9.17) is 23.2 Å². The van der Waals surface area contributed by atoms with Crippen molar-refractivity contribution in [2.24, 2.45) is 0 Å². The minimum Gasteiger partial charge on any atom is -0.301 e. The highest BCUT2D eigenvalue weighted by molar-refractivity contribution is 7.88. The zero-order valence-corrected chi connectivity index (χ0v) is 17.6. The van der Waals surface area contributed by atoms with Gasteiger partial charge in [-0.25, -0.2) is 13.4 Å². The third-order valence-corrected chi connectivity index (χ3v) is 6.93. The number of hydrogen-bond donors (Lipinski definition) is 1. The number of amides is 1. The maximum Gasteiger partial charge on any atom is 0.240 e. The number of nitrogens with one attached hydrogen (secondary N) is 1. The van der Waals surface area contributed by atoms with Gasteiger partial charge in [0.05, 0.1) is 28.5 Å². The number of sulfonamides is 1. The second kappa shape index (κ2) is 8.42. The number of carbonyl (C=O) groups is 1. The molecule has 1 aromatic carbocycles. The van der Waals surface area contributed by atoms with Crippen LogP contribution in [0.15, 0.2) is 23.6 Å². The van der Waals surface area contributed by atoms with Crippen LogP contribution in [-0.4, -0.2) is 67.5 Å². The van der Waals surface area contributed by atoms with Crippen LogP contribution in [-0.2, 0) is 14.8 Å². The lowest BCUT2D eigenvalue weighted by atomic mass is 10.2. The summed E-state index contributed by atoms with van der Waals surface area (Å²) in [6.07, 6.45) is 1.20. The highest BCUT2D eigenvalue weighted by Gasteiger charge is 2.24. The van der Waals surface area contributed by atoms with Crippen molar-refractivity contribution >= 4 is 55.6 Å². The highest BCUT2D eigenvalue weighted by Crippen LogP contribution is 2.30. The molecule has 0 unspecified atom stereocenters. The third kappa shape index (κ3) is 5.40. The van der Waals surface area contributed by atoms with Crippen LogP contribution in [0.5, 0.6) is 0 Å². The summed E-state index contributed by atoms with van der Waals surface area (Å²) in [6.45, 7) is 2.02. The van der Waals surface area contributed by atoms with E-state index in [1.54, 1.807) is 12.1 Å². The molecule has 0 aliphatic carbocycles. The molecule has 7 nitrogen and oxygen atoms in total. The van der Waals surface area contributed by atoms with E-state index in [2.05, 4.69) is 10.3 Å². The van der Waals surface area contributed by atoms with Crippen molar-refractivity contribution in [1.29, 1.82) is 0 Å². The number of aromatic nitrogens is 1. The summed E-state index contributed by atoms with van der Waals surface area (Å²) >= 11 is 13.3. The molecule has 1 aromatic heterocycles. The topological polar surface area (TPSA) is 82.6 Å². The Balaban J connectivity index is 1.55. The van der Waals surface area contributed by atoms with Crippen molar-refractivity contribution in [2.45, 2.75) is 0 Å². The Labute approximate surface area is 171 Å². The Morgan fingerprint density at radius 2 is 1.93 bits per heavy atom. The number of anilines is 1. The van der Waals surface area contributed by atoms with Gasteiger partial charge in [0.25, 0.3) is 0 Å². The zero-order chi connectivity index (χ0) is 19.6. The molecule has 11 heteroatoms. The van der Waals surface area contributed by atoms with Crippen molar-refractivity contribution < 1.29 is 13.2 Å². The van der Waals surface area contributed by atoms with Crippen molar-refractivity contribution in [3.63, 3.8) is 0 Å². The lowest BCUT2D eigenvalue weighted by Crippen LogP contribution is -2.50. The maximum absolute atomic E-state index is 12.2. The van der Waals surface area contributed by atoms with Gasteiger partial charge in [0, 0.05) is 37.1 Å². The average molecular weight is 449 g/mol. The predicted molar refractivity (Wildman–Crippen MR) is 109 cm³/mol. The Kier molecular flexibility index (Phi) is 6.39. The number of benzene rings is 1. The summed E-state index contributed by atoms with van der Waals surface area (Å²) in [7, 11) is -3.18. The molecule has 2 heterocycles. The van der Waals surface area contributed by atoms with Crippen LogP contribution in [0.25, 0.3) is 11.3 Å². The number of thiazole rings is 1. The van der Waals surface area contributed by atoms with E-state index in [1.807, 2.05) is 16.3 Å². The van der Waals surface area contributed by atoms with Gasteiger partial charge in [-0.1, -0.05) is 29.3 Å². The second-order valence-corrected chi connectivity index (χ2v) is 9.81. The summed E-state index contributed by atoms with van der Waals surface area (Å²) in [6, 6.07) is 5.24. The first-order chi connectivity index (χ1) is 12.7. The lowest BCUT2D eigenvalue weighted by molar-refractivity contribution is -0.117. The summed E-state index contributed by atoms with van der Waals surface area (Å²) < 4.78 is 24.5. The van der Waals surface area contributed by atoms with E-state index in [0.717, 1.165) is 5.56 Å². The van der Waals surface area contributed by atoms with E-state index in [-0.39, 0.29) is 12.5 Å². The first kappa shape index (κ1) is 20.5. The van der Waals surface area contributed by atoms with E-state index in [1.165, 1.54) is 21.9 Å². The minimum atomic E-state index is -3.18. The van der Waals surface area contributed by atoms with Crippen LogP contribution in [0.4, 0.5) is 5.13 Å². The van der Waals surface area contributed by atoms with Gasteiger partial charge in [0.15, 0.2) is 5.13 Å². The van der Waals surface area contributed by atoms with Crippen LogP contribution in [0.2, 0.25) is 10.0 Å². The molecule has 146 valence electrons. The molecule has 1 aliphatic rings. The molecule has 1 amide bonds. The number of piperazine rings is 1. The third-order valence-electron chi connectivity index (χ3n) is 4.13. The molecule has 0 bridgehead atoms. The molecule has 1 saturated heterocycles. The number of halogens is 2. The van der Waals surface area contributed by atoms with E-state index in [9.17, 15) is 13.2 Å². The van der Waals surface area contributed by atoms with Crippen molar-refractivity contribution in [1.82, 2.24) is 14.2 Å². The molecule has 1 N–H and O–H groups in total. The smallest absolute Gasteiger partial charge is 0.240 e. The van der Waals surface area contributed by atoms with Gasteiger partial charge in [-0.3, -0.25) is 9.69 Å². The van der Waals surface area contributed by atoms with Gasteiger partial charge in [0.2, 0.25) is 15.9 Å². The number of hydrogen-bond acceptors (Lipinski definition) is 6. The largest absolute Gasteiger partial charge is 0.301 e. The van der Waals surface area contributed by atoms with Crippen LogP contribution >= 0.6 is 34.5 Å². The molecule has 0 atom stereocenters. The molecule has 3 rings (SSSR count). The Bertz CT molecular complexity index is 941. The fourth-order valence-electron chi connectivity index (χ4n) is 2.70. The van der Waals surface area contributed by atoms with Gasteiger partial charge in [0.1, 0.15) is 0 Å². The van der Waals surface area contributed by atoms with Crippen LogP contribution in [0, 0.1) is 0 Å².